The topological polar surface area (TPSA) is 49.6 Å². The Hall–Kier alpha value is -0.850. The molecular formula is C15H19Cl2N3. The number of nitriles is 1. The molecule has 3 nitrogen and oxygen atoms in total. The molecule has 0 spiro atoms. The summed E-state index contributed by atoms with van der Waals surface area (Å²) in [5.74, 6) is 0. The van der Waals surface area contributed by atoms with Gasteiger partial charge in [0.2, 0.25) is 5.28 Å². The average Bonchev–Trinajstić information content (AvgIpc) is 2.43. The molecule has 108 valence electrons. The van der Waals surface area contributed by atoms with Crippen LogP contribution in [0.25, 0.3) is 0 Å². The molecule has 1 aliphatic rings. The van der Waals surface area contributed by atoms with Gasteiger partial charge in [-0.05, 0) is 30.5 Å². The third kappa shape index (κ3) is 3.84. The standard InChI is InChI=1S/C15H19Cl2N3/c16-13-10-12(19-14(17)20-13)15(11-18)8-6-4-2-1-3-5-7-9-15/h10H,1-9H2. The molecule has 0 bridgehead atoms. The summed E-state index contributed by atoms with van der Waals surface area (Å²) in [5, 5.41) is 10.2. The zero-order valence-electron chi connectivity index (χ0n) is 11.5. The molecule has 0 unspecified atom stereocenters. The summed E-state index contributed by atoms with van der Waals surface area (Å²) in [5.41, 5.74) is 0.124. The summed E-state index contributed by atoms with van der Waals surface area (Å²) in [6, 6.07) is 4.19. The number of halogens is 2. The zero-order chi connectivity index (χ0) is 14.4. The van der Waals surface area contributed by atoms with Crippen molar-refractivity contribution in [1.29, 1.82) is 5.26 Å². The Bertz CT molecular complexity index is 466. The molecule has 1 fully saturated rings. The Morgan fingerprint density at radius 2 is 1.50 bits per heavy atom. The Labute approximate surface area is 130 Å². The van der Waals surface area contributed by atoms with Crippen molar-refractivity contribution in [3.05, 3.63) is 22.2 Å². The Kier molecular flexibility index (Phi) is 5.63. The van der Waals surface area contributed by atoms with E-state index >= 15 is 0 Å². The molecule has 1 aromatic heterocycles. The van der Waals surface area contributed by atoms with Gasteiger partial charge in [-0.15, -0.1) is 0 Å². The number of hydrogen-bond acceptors (Lipinski definition) is 3. The fourth-order valence-electron chi connectivity index (χ4n) is 2.92. The van der Waals surface area contributed by atoms with Crippen LogP contribution in [0.4, 0.5) is 0 Å². The maximum atomic E-state index is 9.76. The number of aromatic nitrogens is 2. The van der Waals surface area contributed by atoms with E-state index < -0.39 is 5.41 Å². The summed E-state index contributed by atoms with van der Waals surface area (Å²) in [6.07, 6.45) is 9.93. The zero-order valence-corrected chi connectivity index (χ0v) is 13.1. The number of nitrogens with zero attached hydrogens (tertiary/aromatic N) is 3. The van der Waals surface area contributed by atoms with Crippen molar-refractivity contribution < 1.29 is 0 Å². The lowest BCUT2D eigenvalue weighted by Crippen LogP contribution is -2.26. The highest BCUT2D eigenvalue weighted by atomic mass is 35.5. The Morgan fingerprint density at radius 1 is 0.950 bits per heavy atom. The van der Waals surface area contributed by atoms with E-state index in [1.54, 1.807) is 6.07 Å². The van der Waals surface area contributed by atoms with Crippen LogP contribution in [0, 0.1) is 11.3 Å². The van der Waals surface area contributed by atoms with E-state index in [-0.39, 0.29) is 5.28 Å². The second-order valence-corrected chi connectivity index (χ2v) is 6.24. The minimum atomic E-state index is -0.562. The van der Waals surface area contributed by atoms with Crippen molar-refractivity contribution >= 4 is 23.2 Å². The lowest BCUT2D eigenvalue weighted by Gasteiger charge is -2.27. The first-order valence-corrected chi connectivity index (χ1v) is 8.04. The fraction of sp³-hybridized carbons (Fsp3) is 0.667. The van der Waals surface area contributed by atoms with Gasteiger partial charge in [0.1, 0.15) is 5.15 Å². The molecule has 1 heterocycles. The Balaban J connectivity index is 2.30. The van der Waals surface area contributed by atoms with Gasteiger partial charge in [-0.25, -0.2) is 9.97 Å². The maximum Gasteiger partial charge on any atom is 0.224 e. The van der Waals surface area contributed by atoms with Crippen LogP contribution >= 0.6 is 23.2 Å². The van der Waals surface area contributed by atoms with Crippen molar-refractivity contribution in [3.63, 3.8) is 0 Å². The largest absolute Gasteiger partial charge is 0.224 e. The first-order chi connectivity index (χ1) is 9.66. The smallest absolute Gasteiger partial charge is 0.221 e. The molecule has 0 saturated heterocycles. The van der Waals surface area contributed by atoms with Crippen molar-refractivity contribution in [2.45, 2.75) is 63.2 Å². The summed E-state index contributed by atoms with van der Waals surface area (Å²) in [7, 11) is 0. The van der Waals surface area contributed by atoms with E-state index in [9.17, 15) is 5.26 Å². The first-order valence-electron chi connectivity index (χ1n) is 7.28. The third-order valence-corrected chi connectivity index (χ3v) is 4.44. The normalized spacial score (nSPS) is 20.1. The third-order valence-electron chi connectivity index (χ3n) is 4.08. The SMILES string of the molecule is N#CC1(c2cc(Cl)nc(Cl)n2)CCCCCCCCC1. The molecule has 2 rings (SSSR count). The van der Waals surface area contributed by atoms with Gasteiger partial charge in [-0.3, -0.25) is 0 Å². The fourth-order valence-corrected chi connectivity index (χ4v) is 3.33. The molecule has 0 radical (unpaired) electrons. The highest BCUT2D eigenvalue weighted by Crippen LogP contribution is 2.36. The predicted molar refractivity (Wildman–Crippen MR) is 80.9 cm³/mol. The second kappa shape index (κ2) is 7.24. The first kappa shape index (κ1) is 15.5. The van der Waals surface area contributed by atoms with Gasteiger partial charge >= 0.3 is 0 Å². The molecule has 1 aliphatic carbocycles. The van der Waals surface area contributed by atoms with E-state index in [1.165, 1.54) is 32.1 Å². The van der Waals surface area contributed by atoms with Gasteiger partial charge in [-0.1, -0.05) is 56.5 Å². The van der Waals surface area contributed by atoms with Crippen LogP contribution < -0.4 is 0 Å². The molecule has 0 aromatic carbocycles. The van der Waals surface area contributed by atoms with Crippen molar-refractivity contribution in [1.82, 2.24) is 9.97 Å². The molecule has 20 heavy (non-hydrogen) atoms. The van der Waals surface area contributed by atoms with Crippen LogP contribution in [0.2, 0.25) is 10.4 Å². The molecule has 5 heteroatoms. The van der Waals surface area contributed by atoms with Crippen molar-refractivity contribution in [3.8, 4) is 6.07 Å². The van der Waals surface area contributed by atoms with Crippen LogP contribution in [0.1, 0.15) is 63.5 Å². The lowest BCUT2D eigenvalue weighted by molar-refractivity contribution is 0.388. The van der Waals surface area contributed by atoms with Crippen LogP contribution in [0.15, 0.2) is 6.07 Å². The van der Waals surface area contributed by atoms with Crippen molar-refractivity contribution in [2.24, 2.45) is 0 Å². The van der Waals surface area contributed by atoms with E-state index in [1.807, 2.05) is 0 Å². The summed E-state index contributed by atoms with van der Waals surface area (Å²) in [4.78, 5) is 8.15. The number of rotatable bonds is 1. The van der Waals surface area contributed by atoms with Gasteiger partial charge in [-0.2, -0.15) is 5.26 Å². The monoisotopic (exact) mass is 311 g/mol. The molecule has 0 amide bonds. The van der Waals surface area contributed by atoms with Crippen LogP contribution in [0.3, 0.4) is 0 Å². The summed E-state index contributed by atoms with van der Waals surface area (Å²) < 4.78 is 0. The van der Waals surface area contributed by atoms with Gasteiger partial charge in [0, 0.05) is 0 Å². The maximum absolute atomic E-state index is 9.76. The van der Waals surface area contributed by atoms with E-state index in [0.717, 1.165) is 25.7 Å². The minimum Gasteiger partial charge on any atom is -0.221 e. The molecule has 1 aromatic rings. The van der Waals surface area contributed by atoms with Crippen LogP contribution in [-0.2, 0) is 5.41 Å². The highest BCUT2D eigenvalue weighted by Gasteiger charge is 2.34. The summed E-state index contributed by atoms with van der Waals surface area (Å²) >= 11 is 11.9. The van der Waals surface area contributed by atoms with Gasteiger partial charge in [0.25, 0.3) is 0 Å². The second-order valence-electron chi connectivity index (χ2n) is 5.51. The molecule has 1 saturated carbocycles. The van der Waals surface area contributed by atoms with Gasteiger partial charge in [0.05, 0.1) is 17.2 Å². The van der Waals surface area contributed by atoms with E-state index in [0.29, 0.717) is 10.8 Å². The lowest BCUT2D eigenvalue weighted by atomic mass is 9.75. The minimum absolute atomic E-state index is 0.124. The Morgan fingerprint density at radius 3 is 2.00 bits per heavy atom. The molecular weight excluding hydrogens is 293 g/mol. The van der Waals surface area contributed by atoms with Crippen LogP contribution in [0.5, 0.6) is 0 Å². The predicted octanol–water partition coefficient (Wildman–Crippen LogP) is 5.07. The van der Waals surface area contributed by atoms with Gasteiger partial charge < -0.3 is 0 Å². The van der Waals surface area contributed by atoms with E-state index in [4.69, 9.17) is 23.2 Å². The van der Waals surface area contributed by atoms with Gasteiger partial charge in [0.15, 0.2) is 0 Å². The molecule has 0 N–H and O–H groups in total. The average molecular weight is 312 g/mol. The van der Waals surface area contributed by atoms with E-state index in [2.05, 4.69) is 16.0 Å². The molecule has 0 atom stereocenters. The summed E-state index contributed by atoms with van der Waals surface area (Å²) in [6.45, 7) is 0. The van der Waals surface area contributed by atoms with Crippen molar-refractivity contribution in [2.75, 3.05) is 0 Å². The quantitative estimate of drug-likeness (QED) is 0.537. The molecule has 0 aliphatic heterocycles. The van der Waals surface area contributed by atoms with Crippen LogP contribution in [-0.4, -0.2) is 9.97 Å². The number of hydrogen-bond donors (Lipinski definition) is 0. The highest BCUT2D eigenvalue weighted by molar-refractivity contribution is 6.31.